The minimum absolute atomic E-state index is 0.160. The van der Waals surface area contributed by atoms with Gasteiger partial charge in [-0.25, -0.2) is 9.37 Å². The molecule has 2 aromatic carbocycles. The minimum Gasteiger partial charge on any atom is -0.354 e. The van der Waals surface area contributed by atoms with Crippen LogP contribution in [-0.4, -0.2) is 41.4 Å². The van der Waals surface area contributed by atoms with E-state index in [1.807, 2.05) is 19.1 Å². The van der Waals surface area contributed by atoms with Gasteiger partial charge in [0.15, 0.2) is 0 Å². The summed E-state index contributed by atoms with van der Waals surface area (Å²) < 4.78 is 13.5. The molecule has 0 fully saturated rings. The van der Waals surface area contributed by atoms with Crippen LogP contribution in [0.2, 0.25) is 0 Å². The molecule has 0 aliphatic rings. The Hall–Kier alpha value is -2.73. The number of nitrogens with one attached hydrogen (secondary N) is 2. The van der Waals surface area contributed by atoms with Crippen molar-refractivity contribution in [2.75, 3.05) is 20.6 Å². The molecule has 0 bridgehead atoms. The number of imidazole rings is 1. The molecule has 2 N–H and O–H groups in total. The van der Waals surface area contributed by atoms with Crippen LogP contribution in [0.1, 0.15) is 23.0 Å². The fourth-order valence-corrected chi connectivity index (χ4v) is 3.06. The van der Waals surface area contributed by atoms with Crippen LogP contribution in [0.15, 0.2) is 42.5 Å². The second-order valence-corrected chi connectivity index (χ2v) is 6.67. The number of hydrogen-bond donors (Lipinski definition) is 2. The van der Waals surface area contributed by atoms with Crippen LogP contribution >= 0.6 is 0 Å². The number of aromatic nitrogens is 2. The van der Waals surface area contributed by atoms with E-state index < -0.39 is 6.04 Å². The Morgan fingerprint density at radius 3 is 2.81 bits per heavy atom. The number of hydrogen-bond acceptors (Lipinski definition) is 3. The minimum atomic E-state index is -0.538. The first-order valence-electron chi connectivity index (χ1n) is 8.59. The maximum Gasteiger partial charge on any atom is 0.241 e. The van der Waals surface area contributed by atoms with Crippen molar-refractivity contribution < 1.29 is 9.18 Å². The smallest absolute Gasteiger partial charge is 0.241 e. The standard InChI is InChI=1S/C20H23FN4O/c1-13-7-8-16-17(11-13)24-18(23-16)9-10-22-20(26)19(25(2)3)14-5-4-6-15(21)12-14/h4-8,11-12,19H,9-10H2,1-3H3,(H,22,26)(H,23,24)/t19-/m1/s1. The van der Waals surface area contributed by atoms with Crippen molar-refractivity contribution in [3.05, 3.63) is 65.2 Å². The van der Waals surface area contributed by atoms with Crippen molar-refractivity contribution in [2.24, 2.45) is 0 Å². The lowest BCUT2D eigenvalue weighted by Gasteiger charge is -2.23. The third-order valence-corrected chi connectivity index (χ3v) is 4.28. The molecule has 5 nitrogen and oxygen atoms in total. The molecule has 1 heterocycles. The van der Waals surface area contributed by atoms with Crippen molar-refractivity contribution in [2.45, 2.75) is 19.4 Å². The monoisotopic (exact) mass is 354 g/mol. The van der Waals surface area contributed by atoms with E-state index in [4.69, 9.17) is 0 Å². The molecule has 0 saturated heterocycles. The number of carbonyl (C=O) groups excluding carboxylic acids is 1. The Kier molecular flexibility index (Phi) is 5.32. The van der Waals surface area contributed by atoms with Gasteiger partial charge in [0.2, 0.25) is 5.91 Å². The fraction of sp³-hybridized carbons (Fsp3) is 0.300. The summed E-state index contributed by atoms with van der Waals surface area (Å²) in [5.74, 6) is 0.324. The molecule has 0 aliphatic carbocycles. The largest absolute Gasteiger partial charge is 0.354 e. The van der Waals surface area contributed by atoms with E-state index in [0.717, 1.165) is 16.9 Å². The van der Waals surface area contributed by atoms with Crippen molar-refractivity contribution in [3.8, 4) is 0 Å². The summed E-state index contributed by atoms with van der Waals surface area (Å²) in [4.78, 5) is 22.2. The van der Waals surface area contributed by atoms with E-state index >= 15 is 0 Å². The predicted molar refractivity (Wildman–Crippen MR) is 100 cm³/mol. The molecule has 3 aromatic rings. The van der Waals surface area contributed by atoms with Crippen molar-refractivity contribution in [1.29, 1.82) is 0 Å². The number of nitrogens with zero attached hydrogens (tertiary/aromatic N) is 2. The second kappa shape index (κ2) is 7.66. The van der Waals surface area contributed by atoms with Gasteiger partial charge >= 0.3 is 0 Å². The first-order chi connectivity index (χ1) is 12.4. The third-order valence-electron chi connectivity index (χ3n) is 4.28. The molecule has 0 aliphatic heterocycles. The maximum atomic E-state index is 13.5. The van der Waals surface area contributed by atoms with Gasteiger partial charge in [0.1, 0.15) is 17.7 Å². The Morgan fingerprint density at radius 2 is 2.08 bits per heavy atom. The van der Waals surface area contributed by atoms with Gasteiger partial charge in [-0.05, 0) is 56.4 Å². The normalized spacial score (nSPS) is 12.5. The van der Waals surface area contributed by atoms with Gasteiger partial charge in [0.25, 0.3) is 0 Å². The molecule has 1 aromatic heterocycles. The van der Waals surface area contributed by atoms with Crippen LogP contribution in [0.25, 0.3) is 11.0 Å². The summed E-state index contributed by atoms with van der Waals surface area (Å²) in [7, 11) is 3.60. The topological polar surface area (TPSA) is 61.0 Å². The average Bonchev–Trinajstić information content (AvgIpc) is 2.96. The number of H-pyrrole nitrogens is 1. The molecular formula is C20H23FN4O. The fourth-order valence-electron chi connectivity index (χ4n) is 3.06. The van der Waals surface area contributed by atoms with Gasteiger partial charge in [0.05, 0.1) is 11.0 Å². The third kappa shape index (κ3) is 4.08. The summed E-state index contributed by atoms with van der Waals surface area (Å²) in [5.41, 5.74) is 3.72. The van der Waals surface area contributed by atoms with E-state index in [-0.39, 0.29) is 11.7 Å². The van der Waals surface area contributed by atoms with Gasteiger partial charge in [-0.2, -0.15) is 0 Å². The summed E-state index contributed by atoms with van der Waals surface area (Å²) in [6, 6.07) is 11.7. The first kappa shape index (κ1) is 18.1. The number of likely N-dealkylation sites (N-methyl/N-ethyl adjacent to an activating group) is 1. The Labute approximate surface area is 152 Å². The number of aromatic amines is 1. The van der Waals surface area contributed by atoms with E-state index in [1.54, 1.807) is 31.1 Å². The molecule has 1 atom stereocenters. The first-order valence-corrected chi connectivity index (χ1v) is 8.59. The van der Waals surface area contributed by atoms with Crippen molar-refractivity contribution >= 4 is 16.9 Å². The lowest BCUT2D eigenvalue weighted by Crippen LogP contribution is -2.38. The number of fused-ring (bicyclic) bond motifs is 1. The van der Waals surface area contributed by atoms with Crippen molar-refractivity contribution in [1.82, 2.24) is 20.2 Å². The number of rotatable bonds is 6. The van der Waals surface area contributed by atoms with Crippen LogP contribution in [0.4, 0.5) is 4.39 Å². The van der Waals surface area contributed by atoms with Crippen LogP contribution < -0.4 is 5.32 Å². The zero-order valence-electron chi connectivity index (χ0n) is 15.2. The molecule has 6 heteroatoms. The Balaban J connectivity index is 1.64. The number of carbonyl (C=O) groups is 1. The zero-order valence-corrected chi connectivity index (χ0v) is 15.2. The highest BCUT2D eigenvalue weighted by Gasteiger charge is 2.23. The number of aryl methyl sites for hydroxylation is 1. The number of benzene rings is 2. The highest BCUT2D eigenvalue weighted by molar-refractivity contribution is 5.83. The van der Waals surface area contributed by atoms with Gasteiger partial charge < -0.3 is 10.3 Å². The molecular weight excluding hydrogens is 331 g/mol. The summed E-state index contributed by atoms with van der Waals surface area (Å²) in [6.07, 6.45) is 0.600. The van der Waals surface area contributed by atoms with Gasteiger partial charge in [-0.3, -0.25) is 9.69 Å². The summed E-state index contributed by atoms with van der Waals surface area (Å²) in [6.45, 7) is 2.49. The highest BCUT2D eigenvalue weighted by Crippen LogP contribution is 2.19. The number of amides is 1. The van der Waals surface area contributed by atoms with Crippen LogP contribution in [0.3, 0.4) is 0 Å². The Bertz CT molecular complexity index is 919. The number of halogens is 1. The molecule has 3 rings (SSSR count). The second-order valence-electron chi connectivity index (χ2n) is 6.67. The van der Waals surface area contributed by atoms with Crippen LogP contribution in [0, 0.1) is 12.7 Å². The highest BCUT2D eigenvalue weighted by atomic mass is 19.1. The average molecular weight is 354 g/mol. The molecule has 0 saturated carbocycles. The molecule has 26 heavy (non-hydrogen) atoms. The van der Waals surface area contributed by atoms with Crippen molar-refractivity contribution in [3.63, 3.8) is 0 Å². The SMILES string of the molecule is Cc1ccc2nc(CCNC(=O)[C@@H](c3cccc(F)c3)N(C)C)[nH]c2c1. The van der Waals surface area contributed by atoms with E-state index in [2.05, 4.69) is 21.4 Å². The van der Waals surface area contributed by atoms with Gasteiger partial charge in [-0.15, -0.1) is 0 Å². The van der Waals surface area contributed by atoms with E-state index in [9.17, 15) is 9.18 Å². The molecule has 0 radical (unpaired) electrons. The molecule has 136 valence electrons. The quantitative estimate of drug-likeness (QED) is 0.715. The lowest BCUT2D eigenvalue weighted by atomic mass is 10.1. The molecule has 1 amide bonds. The molecule has 0 unspecified atom stereocenters. The Morgan fingerprint density at radius 1 is 1.27 bits per heavy atom. The lowest BCUT2D eigenvalue weighted by molar-refractivity contribution is -0.125. The van der Waals surface area contributed by atoms with E-state index in [1.165, 1.54) is 17.7 Å². The maximum absolute atomic E-state index is 13.5. The van der Waals surface area contributed by atoms with Gasteiger partial charge in [0, 0.05) is 13.0 Å². The van der Waals surface area contributed by atoms with Gasteiger partial charge in [-0.1, -0.05) is 18.2 Å². The van der Waals surface area contributed by atoms with E-state index in [0.29, 0.717) is 18.5 Å². The van der Waals surface area contributed by atoms with Crippen LogP contribution in [-0.2, 0) is 11.2 Å². The predicted octanol–water partition coefficient (Wildman–Crippen LogP) is 2.97. The summed E-state index contributed by atoms with van der Waals surface area (Å²) in [5, 5.41) is 2.92. The van der Waals surface area contributed by atoms with Crippen LogP contribution in [0.5, 0.6) is 0 Å². The molecule has 0 spiro atoms. The summed E-state index contributed by atoms with van der Waals surface area (Å²) >= 11 is 0. The zero-order chi connectivity index (χ0) is 18.7.